The predicted octanol–water partition coefficient (Wildman–Crippen LogP) is 0.749. The molecule has 1 saturated carbocycles. The number of nitro groups is 1. The third-order valence-corrected chi connectivity index (χ3v) is 5.28. The minimum Gasteiger partial charge on any atom is -0.360 e. The number of nitrogens with zero attached hydrogens (tertiary/aromatic N) is 2. The molecule has 1 aliphatic heterocycles. The summed E-state index contributed by atoms with van der Waals surface area (Å²) in [5, 5.41) is 13.9. The molecule has 1 saturated heterocycles. The molecule has 1 amide bonds. The van der Waals surface area contributed by atoms with Crippen molar-refractivity contribution in [1.29, 1.82) is 0 Å². The molecule has 1 aromatic carbocycles. The van der Waals surface area contributed by atoms with Crippen molar-refractivity contribution in [1.82, 2.24) is 5.32 Å². The number of hydrogen-bond donors (Lipinski definition) is 2. The van der Waals surface area contributed by atoms with Gasteiger partial charge in [0.25, 0.3) is 11.6 Å². The average Bonchev–Trinajstić information content (AvgIpc) is 2.63. The fraction of sp³-hybridized carbons (Fsp3) is 0.611. The Morgan fingerprint density at radius 3 is 2.40 bits per heavy atom. The number of benzene rings is 1. The summed E-state index contributed by atoms with van der Waals surface area (Å²) in [6.07, 6.45) is 5.99. The molecule has 2 aliphatic rings. The maximum atomic E-state index is 12.2. The Hall–Kier alpha value is -2.15. The van der Waals surface area contributed by atoms with Crippen LogP contribution in [0.25, 0.3) is 0 Å². The van der Waals surface area contributed by atoms with Crippen LogP contribution in [-0.2, 0) is 4.79 Å². The van der Waals surface area contributed by atoms with E-state index >= 15 is 0 Å². The van der Waals surface area contributed by atoms with E-state index in [1.165, 1.54) is 24.2 Å². The Morgan fingerprint density at radius 1 is 1.16 bits per heavy atom. The minimum atomic E-state index is -0.378. The largest absolute Gasteiger partial charge is 0.360 e. The molecular formula is C18H27N4O3+. The second kappa shape index (κ2) is 8.29. The lowest BCUT2D eigenvalue weighted by molar-refractivity contribution is -0.892. The van der Waals surface area contributed by atoms with Gasteiger partial charge in [-0.2, -0.15) is 0 Å². The van der Waals surface area contributed by atoms with E-state index in [0.717, 1.165) is 44.7 Å². The third-order valence-electron chi connectivity index (χ3n) is 5.28. The molecule has 0 bridgehead atoms. The van der Waals surface area contributed by atoms with Gasteiger partial charge in [0.1, 0.15) is 0 Å². The summed E-state index contributed by atoms with van der Waals surface area (Å²) in [6.45, 7) is 4.10. The fourth-order valence-electron chi connectivity index (χ4n) is 3.80. The number of anilines is 1. The van der Waals surface area contributed by atoms with Crippen LogP contribution in [-0.4, -0.2) is 49.6 Å². The lowest BCUT2D eigenvalue weighted by atomic mass is 9.95. The summed E-state index contributed by atoms with van der Waals surface area (Å²) in [4.78, 5) is 26.1. The molecule has 2 N–H and O–H groups in total. The number of nitro benzene ring substituents is 1. The van der Waals surface area contributed by atoms with Crippen LogP contribution in [0.3, 0.4) is 0 Å². The standard InChI is InChI=1S/C18H26N4O3/c23-18(19-15-4-2-1-3-5-15)14-20-10-12-21(13-11-20)16-6-8-17(9-7-16)22(24)25/h6-9,15H,1-5,10-14H2,(H,19,23)/p+1. The minimum absolute atomic E-state index is 0.118. The number of piperazine rings is 1. The number of quaternary nitrogens is 1. The van der Waals surface area contributed by atoms with E-state index in [1.54, 1.807) is 24.3 Å². The molecule has 1 heterocycles. The molecule has 2 fully saturated rings. The first kappa shape index (κ1) is 17.7. The number of hydrogen-bond acceptors (Lipinski definition) is 4. The molecular weight excluding hydrogens is 320 g/mol. The summed E-state index contributed by atoms with van der Waals surface area (Å²) in [5.74, 6) is 0.172. The molecule has 0 radical (unpaired) electrons. The van der Waals surface area contributed by atoms with E-state index in [-0.39, 0.29) is 16.5 Å². The third kappa shape index (κ3) is 4.92. The van der Waals surface area contributed by atoms with E-state index in [0.29, 0.717) is 12.6 Å². The first-order valence-electron chi connectivity index (χ1n) is 9.24. The van der Waals surface area contributed by atoms with E-state index < -0.39 is 0 Å². The Morgan fingerprint density at radius 2 is 1.80 bits per heavy atom. The number of non-ortho nitro benzene ring substituents is 1. The maximum absolute atomic E-state index is 12.2. The zero-order chi connectivity index (χ0) is 17.6. The van der Waals surface area contributed by atoms with E-state index in [4.69, 9.17) is 0 Å². The van der Waals surface area contributed by atoms with Crippen molar-refractivity contribution in [2.45, 2.75) is 38.1 Å². The van der Waals surface area contributed by atoms with Gasteiger partial charge in [0, 0.05) is 23.9 Å². The molecule has 0 spiro atoms. The second-order valence-electron chi connectivity index (χ2n) is 7.09. The number of carbonyl (C=O) groups excluding carboxylic acids is 1. The first-order valence-corrected chi connectivity index (χ1v) is 9.24. The normalized spacial score (nSPS) is 19.6. The summed E-state index contributed by atoms with van der Waals surface area (Å²) < 4.78 is 0. The van der Waals surface area contributed by atoms with Crippen LogP contribution in [0, 0.1) is 10.1 Å². The smallest absolute Gasteiger partial charge is 0.275 e. The van der Waals surface area contributed by atoms with E-state index in [9.17, 15) is 14.9 Å². The van der Waals surface area contributed by atoms with Crippen LogP contribution >= 0.6 is 0 Å². The number of nitrogens with one attached hydrogen (secondary N) is 2. The monoisotopic (exact) mass is 347 g/mol. The molecule has 7 nitrogen and oxygen atoms in total. The molecule has 136 valence electrons. The first-order chi connectivity index (χ1) is 12.1. The van der Waals surface area contributed by atoms with Gasteiger partial charge < -0.3 is 15.1 Å². The van der Waals surface area contributed by atoms with Gasteiger partial charge >= 0.3 is 0 Å². The lowest BCUT2D eigenvalue weighted by Crippen LogP contribution is -3.16. The van der Waals surface area contributed by atoms with E-state index in [1.807, 2.05) is 0 Å². The lowest BCUT2D eigenvalue weighted by Gasteiger charge is -2.33. The van der Waals surface area contributed by atoms with Crippen LogP contribution in [0.1, 0.15) is 32.1 Å². The topological polar surface area (TPSA) is 79.9 Å². The summed E-state index contributed by atoms with van der Waals surface area (Å²) >= 11 is 0. The quantitative estimate of drug-likeness (QED) is 0.608. The molecule has 1 aromatic rings. The van der Waals surface area contributed by atoms with Crippen molar-refractivity contribution >= 4 is 17.3 Å². The van der Waals surface area contributed by atoms with Crippen LogP contribution in [0.5, 0.6) is 0 Å². The average molecular weight is 347 g/mol. The Kier molecular flexibility index (Phi) is 5.86. The van der Waals surface area contributed by atoms with Gasteiger partial charge in [-0.3, -0.25) is 14.9 Å². The van der Waals surface area contributed by atoms with Crippen LogP contribution in [0.2, 0.25) is 0 Å². The van der Waals surface area contributed by atoms with Crippen molar-refractivity contribution in [3.05, 3.63) is 34.4 Å². The fourth-order valence-corrected chi connectivity index (χ4v) is 3.80. The van der Waals surface area contributed by atoms with Gasteiger partial charge in [0.15, 0.2) is 6.54 Å². The highest BCUT2D eigenvalue weighted by Crippen LogP contribution is 2.19. The van der Waals surface area contributed by atoms with Crippen molar-refractivity contribution in [2.75, 3.05) is 37.6 Å². The molecule has 0 aromatic heterocycles. The van der Waals surface area contributed by atoms with Gasteiger partial charge in [0.05, 0.1) is 31.1 Å². The predicted molar refractivity (Wildman–Crippen MR) is 95.9 cm³/mol. The highest BCUT2D eigenvalue weighted by Gasteiger charge is 2.24. The number of amides is 1. The molecule has 25 heavy (non-hydrogen) atoms. The molecule has 0 unspecified atom stereocenters. The Balaban J connectivity index is 1.43. The molecule has 1 aliphatic carbocycles. The van der Waals surface area contributed by atoms with Gasteiger partial charge in [-0.25, -0.2) is 0 Å². The highest BCUT2D eigenvalue weighted by atomic mass is 16.6. The van der Waals surface area contributed by atoms with Crippen molar-refractivity contribution in [3.8, 4) is 0 Å². The molecule has 0 atom stereocenters. The highest BCUT2D eigenvalue weighted by molar-refractivity contribution is 5.77. The van der Waals surface area contributed by atoms with Crippen LogP contribution in [0.4, 0.5) is 11.4 Å². The zero-order valence-corrected chi connectivity index (χ0v) is 14.6. The van der Waals surface area contributed by atoms with Crippen molar-refractivity contribution < 1.29 is 14.6 Å². The van der Waals surface area contributed by atoms with Gasteiger partial charge in [-0.05, 0) is 25.0 Å². The van der Waals surface area contributed by atoms with E-state index in [2.05, 4.69) is 10.2 Å². The summed E-state index contributed by atoms with van der Waals surface area (Å²) in [7, 11) is 0. The van der Waals surface area contributed by atoms with Gasteiger partial charge in [-0.15, -0.1) is 0 Å². The van der Waals surface area contributed by atoms with Gasteiger partial charge in [0.2, 0.25) is 0 Å². The summed E-state index contributed by atoms with van der Waals surface area (Å²) in [5.41, 5.74) is 1.13. The maximum Gasteiger partial charge on any atom is 0.275 e. The van der Waals surface area contributed by atoms with Crippen molar-refractivity contribution in [2.24, 2.45) is 0 Å². The van der Waals surface area contributed by atoms with Crippen LogP contribution in [0.15, 0.2) is 24.3 Å². The molecule has 3 rings (SSSR count). The Bertz CT molecular complexity index is 591. The zero-order valence-electron chi connectivity index (χ0n) is 14.6. The number of carbonyl (C=O) groups is 1. The van der Waals surface area contributed by atoms with Crippen molar-refractivity contribution in [3.63, 3.8) is 0 Å². The van der Waals surface area contributed by atoms with Gasteiger partial charge in [-0.1, -0.05) is 19.3 Å². The SMILES string of the molecule is O=C(C[NH+]1CCN(c2ccc([N+](=O)[O-])cc2)CC1)NC1CCCCC1. The Labute approximate surface area is 148 Å². The summed E-state index contributed by atoms with van der Waals surface area (Å²) in [6, 6.07) is 7.08. The van der Waals surface area contributed by atoms with Crippen LogP contribution < -0.4 is 15.1 Å². The second-order valence-corrected chi connectivity index (χ2v) is 7.09. The molecule has 7 heteroatoms. The number of rotatable bonds is 5.